The zero-order valence-corrected chi connectivity index (χ0v) is 7.12. The monoisotopic (exact) mass is 169 g/mol. The van der Waals surface area contributed by atoms with Gasteiger partial charge in [-0.1, -0.05) is 6.08 Å². The first-order valence-corrected chi connectivity index (χ1v) is 4.27. The molecule has 1 saturated heterocycles. The first-order valence-electron chi connectivity index (χ1n) is 4.27. The van der Waals surface area contributed by atoms with Crippen molar-refractivity contribution in [2.24, 2.45) is 11.8 Å². The standard InChI is InChI=1S/C9H15NO2/c1-2-7-3-8(4-9(11)12)6-10-5-7/h2,7-8,10H,1,3-6H2,(H,11,12)/t7-,8-/m1/s1. The molecule has 1 aliphatic rings. The number of rotatable bonds is 3. The Morgan fingerprint density at radius 2 is 2.42 bits per heavy atom. The summed E-state index contributed by atoms with van der Waals surface area (Å²) in [4.78, 5) is 10.4. The number of carbonyl (C=O) groups is 1. The maximum atomic E-state index is 10.4. The van der Waals surface area contributed by atoms with Crippen LogP contribution in [-0.4, -0.2) is 24.2 Å². The highest BCUT2D eigenvalue weighted by Crippen LogP contribution is 2.19. The fourth-order valence-electron chi connectivity index (χ4n) is 1.65. The van der Waals surface area contributed by atoms with Crippen molar-refractivity contribution in [2.75, 3.05) is 13.1 Å². The van der Waals surface area contributed by atoms with Crippen LogP contribution in [0.4, 0.5) is 0 Å². The van der Waals surface area contributed by atoms with E-state index < -0.39 is 5.97 Å². The molecule has 1 heterocycles. The highest BCUT2D eigenvalue weighted by molar-refractivity contribution is 5.67. The molecule has 12 heavy (non-hydrogen) atoms. The van der Waals surface area contributed by atoms with Gasteiger partial charge in [0.25, 0.3) is 0 Å². The molecule has 0 saturated carbocycles. The van der Waals surface area contributed by atoms with Crippen molar-refractivity contribution in [3.05, 3.63) is 12.7 Å². The van der Waals surface area contributed by atoms with Gasteiger partial charge in [0.15, 0.2) is 0 Å². The minimum Gasteiger partial charge on any atom is -0.481 e. The van der Waals surface area contributed by atoms with Crippen LogP contribution >= 0.6 is 0 Å². The van der Waals surface area contributed by atoms with Gasteiger partial charge in [-0.2, -0.15) is 0 Å². The largest absolute Gasteiger partial charge is 0.481 e. The molecule has 0 aromatic carbocycles. The highest BCUT2D eigenvalue weighted by atomic mass is 16.4. The third-order valence-electron chi connectivity index (χ3n) is 2.27. The van der Waals surface area contributed by atoms with Gasteiger partial charge in [0, 0.05) is 13.0 Å². The lowest BCUT2D eigenvalue weighted by Gasteiger charge is -2.26. The topological polar surface area (TPSA) is 49.3 Å². The maximum absolute atomic E-state index is 10.4. The van der Waals surface area contributed by atoms with Crippen LogP contribution in [0, 0.1) is 11.8 Å². The summed E-state index contributed by atoms with van der Waals surface area (Å²) in [5.41, 5.74) is 0. The average molecular weight is 169 g/mol. The van der Waals surface area contributed by atoms with Crippen LogP contribution in [0.3, 0.4) is 0 Å². The summed E-state index contributed by atoms with van der Waals surface area (Å²) < 4.78 is 0. The molecule has 68 valence electrons. The van der Waals surface area contributed by atoms with E-state index in [1.54, 1.807) is 0 Å². The van der Waals surface area contributed by atoms with Crippen molar-refractivity contribution < 1.29 is 9.90 Å². The van der Waals surface area contributed by atoms with Crippen molar-refractivity contribution in [1.29, 1.82) is 0 Å². The van der Waals surface area contributed by atoms with E-state index in [9.17, 15) is 4.79 Å². The number of carboxylic acid groups (broad SMARTS) is 1. The molecule has 0 aromatic heterocycles. The fourth-order valence-corrected chi connectivity index (χ4v) is 1.65. The molecule has 2 atom stereocenters. The lowest BCUT2D eigenvalue weighted by atomic mass is 9.88. The molecular formula is C9H15NO2. The molecule has 0 radical (unpaired) electrons. The van der Waals surface area contributed by atoms with Gasteiger partial charge in [0.1, 0.15) is 0 Å². The van der Waals surface area contributed by atoms with Crippen LogP contribution in [0.1, 0.15) is 12.8 Å². The van der Waals surface area contributed by atoms with Crippen LogP contribution < -0.4 is 5.32 Å². The zero-order chi connectivity index (χ0) is 8.97. The van der Waals surface area contributed by atoms with Crippen LogP contribution in [0.5, 0.6) is 0 Å². The van der Waals surface area contributed by atoms with Crippen LogP contribution in [0.25, 0.3) is 0 Å². The number of piperidine rings is 1. The molecule has 0 aromatic rings. The van der Waals surface area contributed by atoms with Gasteiger partial charge in [-0.3, -0.25) is 4.79 Å². The lowest BCUT2D eigenvalue weighted by Crippen LogP contribution is -2.36. The maximum Gasteiger partial charge on any atom is 0.303 e. The van der Waals surface area contributed by atoms with E-state index in [4.69, 9.17) is 5.11 Å². The molecule has 0 spiro atoms. The number of hydrogen-bond donors (Lipinski definition) is 2. The molecule has 0 unspecified atom stereocenters. The van der Waals surface area contributed by atoms with E-state index in [1.165, 1.54) is 0 Å². The summed E-state index contributed by atoms with van der Waals surface area (Å²) in [6.45, 7) is 5.48. The third-order valence-corrected chi connectivity index (χ3v) is 2.27. The average Bonchev–Trinajstić information content (AvgIpc) is 2.03. The Labute approximate surface area is 72.5 Å². The van der Waals surface area contributed by atoms with E-state index in [0.29, 0.717) is 5.92 Å². The van der Waals surface area contributed by atoms with Gasteiger partial charge in [-0.05, 0) is 24.8 Å². The summed E-state index contributed by atoms with van der Waals surface area (Å²) in [5.74, 6) is 0.0221. The van der Waals surface area contributed by atoms with Gasteiger partial charge in [-0.25, -0.2) is 0 Å². The quantitative estimate of drug-likeness (QED) is 0.616. The third kappa shape index (κ3) is 2.66. The minimum atomic E-state index is -0.702. The Hall–Kier alpha value is -0.830. The second-order valence-electron chi connectivity index (χ2n) is 3.35. The highest BCUT2D eigenvalue weighted by Gasteiger charge is 2.21. The fraction of sp³-hybridized carbons (Fsp3) is 0.667. The SMILES string of the molecule is C=C[C@H]1CNC[C@@H](CC(=O)O)C1. The predicted molar refractivity (Wildman–Crippen MR) is 46.9 cm³/mol. The first kappa shape index (κ1) is 9.26. The Kier molecular flexibility index (Phi) is 3.29. The van der Waals surface area contributed by atoms with Crippen molar-refractivity contribution in [3.8, 4) is 0 Å². The number of hydrogen-bond acceptors (Lipinski definition) is 2. The van der Waals surface area contributed by atoms with Gasteiger partial charge < -0.3 is 10.4 Å². The molecule has 2 N–H and O–H groups in total. The number of aliphatic carboxylic acids is 1. The van der Waals surface area contributed by atoms with Gasteiger partial charge in [0.2, 0.25) is 0 Å². The normalized spacial score (nSPS) is 29.7. The molecule has 0 aliphatic carbocycles. The van der Waals surface area contributed by atoms with Crippen LogP contribution in [-0.2, 0) is 4.79 Å². The van der Waals surface area contributed by atoms with Crippen LogP contribution in [0.15, 0.2) is 12.7 Å². The molecule has 3 heteroatoms. The lowest BCUT2D eigenvalue weighted by molar-refractivity contribution is -0.138. The second-order valence-corrected chi connectivity index (χ2v) is 3.35. The zero-order valence-electron chi connectivity index (χ0n) is 7.12. The smallest absolute Gasteiger partial charge is 0.303 e. The Morgan fingerprint density at radius 1 is 1.67 bits per heavy atom. The predicted octanol–water partition coefficient (Wildman–Crippen LogP) is 0.873. The second kappa shape index (κ2) is 4.26. The van der Waals surface area contributed by atoms with Crippen LogP contribution in [0.2, 0.25) is 0 Å². The molecular weight excluding hydrogens is 154 g/mol. The number of carboxylic acids is 1. The summed E-state index contributed by atoms with van der Waals surface area (Å²) in [6, 6.07) is 0. The van der Waals surface area contributed by atoms with E-state index in [2.05, 4.69) is 11.9 Å². The summed E-state index contributed by atoms with van der Waals surface area (Å²) >= 11 is 0. The molecule has 1 fully saturated rings. The summed E-state index contributed by atoms with van der Waals surface area (Å²) in [7, 11) is 0. The van der Waals surface area contributed by atoms with Crippen molar-refractivity contribution in [2.45, 2.75) is 12.8 Å². The summed E-state index contributed by atoms with van der Waals surface area (Å²) in [6.07, 6.45) is 3.14. The van der Waals surface area contributed by atoms with E-state index >= 15 is 0 Å². The summed E-state index contributed by atoms with van der Waals surface area (Å²) in [5, 5.41) is 11.8. The molecule has 0 amide bonds. The van der Waals surface area contributed by atoms with Gasteiger partial charge in [0.05, 0.1) is 0 Å². The Balaban J connectivity index is 2.35. The minimum absolute atomic E-state index is 0.275. The van der Waals surface area contributed by atoms with Crippen molar-refractivity contribution >= 4 is 5.97 Å². The first-order chi connectivity index (χ1) is 5.72. The van der Waals surface area contributed by atoms with Crippen molar-refractivity contribution in [3.63, 3.8) is 0 Å². The molecule has 0 bridgehead atoms. The Bertz CT molecular complexity index is 179. The molecule has 1 rings (SSSR count). The number of nitrogens with one attached hydrogen (secondary N) is 1. The van der Waals surface area contributed by atoms with Gasteiger partial charge in [-0.15, -0.1) is 6.58 Å². The van der Waals surface area contributed by atoms with Gasteiger partial charge >= 0.3 is 5.97 Å². The van der Waals surface area contributed by atoms with E-state index in [0.717, 1.165) is 19.5 Å². The van der Waals surface area contributed by atoms with Crippen molar-refractivity contribution in [1.82, 2.24) is 5.32 Å². The van der Waals surface area contributed by atoms with E-state index in [-0.39, 0.29) is 12.3 Å². The molecule has 1 aliphatic heterocycles. The molecule has 3 nitrogen and oxygen atoms in total. The Morgan fingerprint density at radius 3 is 3.00 bits per heavy atom. The van der Waals surface area contributed by atoms with E-state index in [1.807, 2.05) is 6.08 Å².